The number of nitrogens with one attached hydrogen (secondary N) is 1. The van der Waals surface area contributed by atoms with Crippen molar-refractivity contribution in [1.82, 2.24) is 19.6 Å². The van der Waals surface area contributed by atoms with Crippen molar-refractivity contribution in [3.8, 4) is 0 Å². The van der Waals surface area contributed by atoms with Crippen LogP contribution >= 0.6 is 0 Å². The van der Waals surface area contributed by atoms with Crippen molar-refractivity contribution >= 4 is 17.4 Å². The second-order valence-electron chi connectivity index (χ2n) is 6.78. The summed E-state index contributed by atoms with van der Waals surface area (Å²) in [6, 6.07) is 9.00. The summed E-state index contributed by atoms with van der Waals surface area (Å²) >= 11 is 0. The van der Waals surface area contributed by atoms with E-state index in [9.17, 15) is 9.50 Å². The lowest BCUT2D eigenvalue weighted by atomic mass is 9.97. The molecule has 3 aromatic rings. The van der Waals surface area contributed by atoms with Gasteiger partial charge in [0.15, 0.2) is 5.76 Å². The smallest absolute Gasteiger partial charge is 0.254 e. The number of fused-ring (bicyclic) bond motifs is 1. The Morgan fingerprint density at radius 1 is 1.31 bits per heavy atom. The standard InChI is InChI=1S/C19H20FN5O/c1-11-8-17(25-19(21-11)23-18(24-25)12(2)26)22-16-7-6-14(10-16)13-4-3-5-15(20)9-13/h3-5,8-9,14,16,22,26H,2,6-7,10H2,1H3/t14-,16-/m0/s1. The molecule has 134 valence electrons. The van der Waals surface area contributed by atoms with E-state index in [-0.39, 0.29) is 23.4 Å². The summed E-state index contributed by atoms with van der Waals surface area (Å²) in [5, 5.41) is 17.3. The van der Waals surface area contributed by atoms with Gasteiger partial charge in [-0.15, -0.1) is 5.10 Å². The van der Waals surface area contributed by atoms with E-state index in [4.69, 9.17) is 0 Å². The molecule has 6 nitrogen and oxygen atoms in total. The Kier molecular flexibility index (Phi) is 4.06. The molecule has 2 atom stereocenters. The molecule has 0 radical (unpaired) electrons. The summed E-state index contributed by atoms with van der Waals surface area (Å²) in [6.07, 6.45) is 2.91. The molecular formula is C19H20FN5O. The van der Waals surface area contributed by atoms with Crippen molar-refractivity contribution in [3.05, 3.63) is 59.8 Å². The van der Waals surface area contributed by atoms with E-state index in [1.165, 1.54) is 6.07 Å². The van der Waals surface area contributed by atoms with Crippen LogP contribution < -0.4 is 5.32 Å². The molecular weight excluding hydrogens is 333 g/mol. The number of halogens is 1. The Bertz CT molecular complexity index is 983. The van der Waals surface area contributed by atoms with Crippen molar-refractivity contribution in [2.24, 2.45) is 0 Å². The Labute approximate surface area is 150 Å². The molecule has 0 bridgehead atoms. The first kappa shape index (κ1) is 16.5. The molecule has 2 N–H and O–H groups in total. The fourth-order valence-electron chi connectivity index (χ4n) is 3.60. The normalized spacial score (nSPS) is 19.8. The average molecular weight is 353 g/mol. The van der Waals surface area contributed by atoms with Crippen LogP contribution in [0, 0.1) is 12.7 Å². The van der Waals surface area contributed by atoms with Crippen molar-refractivity contribution in [2.45, 2.75) is 38.1 Å². The molecule has 26 heavy (non-hydrogen) atoms. The zero-order chi connectivity index (χ0) is 18.3. The molecule has 0 unspecified atom stereocenters. The molecule has 1 aliphatic rings. The van der Waals surface area contributed by atoms with Gasteiger partial charge in [0.1, 0.15) is 11.6 Å². The Morgan fingerprint density at radius 3 is 2.92 bits per heavy atom. The number of hydrogen-bond acceptors (Lipinski definition) is 5. The van der Waals surface area contributed by atoms with Crippen molar-refractivity contribution in [1.29, 1.82) is 0 Å². The van der Waals surface area contributed by atoms with E-state index in [0.717, 1.165) is 36.3 Å². The number of rotatable bonds is 4. The van der Waals surface area contributed by atoms with Gasteiger partial charge in [0.25, 0.3) is 5.78 Å². The number of benzene rings is 1. The van der Waals surface area contributed by atoms with Gasteiger partial charge in [-0.1, -0.05) is 18.7 Å². The van der Waals surface area contributed by atoms with Crippen molar-refractivity contribution in [3.63, 3.8) is 0 Å². The van der Waals surface area contributed by atoms with Gasteiger partial charge in [0.05, 0.1) is 0 Å². The number of nitrogens with zero attached hydrogens (tertiary/aromatic N) is 4. The number of aliphatic hydroxyl groups is 1. The van der Waals surface area contributed by atoms with Gasteiger partial charge in [-0.25, -0.2) is 9.37 Å². The monoisotopic (exact) mass is 353 g/mol. The highest BCUT2D eigenvalue weighted by atomic mass is 19.1. The lowest BCUT2D eigenvalue weighted by Crippen LogP contribution is -2.18. The van der Waals surface area contributed by atoms with Crippen LogP contribution in [-0.2, 0) is 0 Å². The highest BCUT2D eigenvalue weighted by Gasteiger charge is 2.27. The fourth-order valence-corrected chi connectivity index (χ4v) is 3.60. The molecule has 4 rings (SSSR count). The van der Waals surface area contributed by atoms with Gasteiger partial charge in [-0.3, -0.25) is 0 Å². The zero-order valence-electron chi connectivity index (χ0n) is 14.5. The van der Waals surface area contributed by atoms with Crippen LogP contribution in [-0.4, -0.2) is 30.7 Å². The summed E-state index contributed by atoms with van der Waals surface area (Å²) in [6.45, 7) is 5.35. The van der Waals surface area contributed by atoms with Crippen LogP contribution in [0.3, 0.4) is 0 Å². The van der Waals surface area contributed by atoms with Crippen molar-refractivity contribution < 1.29 is 9.50 Å². The highest BCUT2D eigenvalue weighted by molar-refractivity contribution is 5.53. The molecule has 1 fully saturated rings. The molecule has 2 aromatic heterocycles. The van der Waals surface area contributed by atoms with Crippen LogP contribution in [0.15, 0.2) is 36.9 Å². The summed E-state index contributed by atoms with van der Waals surface area (Å²) in [4.78, 5) is 8.53. The average Bonchev–Trinajstić information content (AvgIpc) is 3.21. The van der Waals surface area contributed by atoms with Gasteiger partial charge in [-0.05, 0) is 49.8 Å². The maximum absolute atomic E-state index is 13.5. The van der Waals surface area contributed by atoms with E-state index >= 15 is 0 Å². The molecule has 0 spiro atoms. The summed E-state index contributed by atoms with van der Waals surface area (Å²) in [5.74, 6) is 1.31. The number of hydrogen-bond donors (Lipinski definition) is 2. The molecule has 0 saturated heterocycles. The third kappa shape index (κ3) is 3.12. The molecule has 2 heterocycles. The predicted molar refractivity (Wildman–Crippen MR) is 97.6 cm³/mol. The van der Waals surface area contributed by atoms with Crippen LogP contribution in [0.25, 0.3) is 11.5 Å². The third-order valence-corrected chi connectivity index (χ3v) is 4.80. The molecule has 1 aliphatic carbocycles. The lowest BCUT2D eigenvalue weighted by Gasteiger charge is -2.16. The summed E-state index contributed by atoms with van der Waals surface area (Å²) < 4.78 is 15.1. The predicted octanol–water partition coefficient (Wildman–Crippen LogP) is 3.85. The van der Waals surface area contributed by atoms with Crippen LogP contribution in [0.1, 0.15) is 42.3 Å². The quantitative estimate of drug-likeness (QED) is 0.697. The van der Waals surface area contributed by atoms with Crippen LogP contribution in [0.5, 0.6) is 0 Å². The second-order valence-corrected chi connectivity index (χ2v) is 6.78. The topological polar surface area (TPSA) is 75.3 Å². The number of aromatic nitrogens is 4. The second kappa shape index (κ2) is 6.40. The van der Waals surface area contributed by atoms with Crippen molar-refractivity contribution in [2.75, 3.05) is 5.32 Å². The minimum absolute atomic E-state index is 0.162. The maximum Gasteiger partial charge on any atom is 0.254 e. The number of aliphatic hydroxyl groups excluding tert-OH is 1. The van der Waals surface area contributed by atoms with Gasteiger partial charge < -0.3 is 10.4 Å². The minimum atomic E-state index is -0.190. The molecule has 0 aliphatic heterocycles. The largest absolute Gasteiger partial charge is 0.505 e. The summed E-state index contributed by atoms with van der Waals surface area (Å²) in [7, 11) is 0. The molecule has 7 heteroatoms. The molecule has 1 aromatic carbocycles. The lowest BCUT2D eigenvalue weighted by molar-refractivity contribution is 0.506. The molecule has 1 saturated carbocycles. The van der Waals surface area contributed by atoms with E-state index in [0.29, 0.717) is 11.7 Å². The van der Waals surface area contributed by atoms with Gasteiger partial charge in [0.2, 0.25) is 5.82 Å². The van der Waals surface area contributed by atoms with Crippen LogP contribution in [0.2, 0.25) is 0 Å². The number of aryl methyl sites for hydroxylation is 1. The number of anilines is 1. The first-order chi connectivity index (χ1) is 12.5. The van der Waals surface area contributed by atoms with E-state index < -0.39 is 0 Å². The van der Waals surface area contributed by atoms with Crippen LogP contribution in [0.4, 0.5) is 10.2 Å². The first-order valence-corrected chi connectivity index (χ1v) is 8.64. The molecule has 0 amide bonds. The Balaban J connectivity index is 1.57. The third-order valence-electron chi connectivity index (χ3n) is 4.80. The highest BCUT2D eigenvalue weighted by Crippen LogP contribution is 2.36. The SMILES string of the molecule is C=C(O)c1nc2nc(C)cc(N[C@H]3CC[C@H](c4cccc(F)c4)C3)n2n1. The van der Waals surface area contributed by atoms with Gasteiger partial charge >= 0.3 is 0 Å². The Hall–Kier alpha value is -2.96. The fraction of sp³-hybridized carbons (Fsp3) is 0.316. The van der Waals surface area contributed by atoms with E-state index in [1.54, 1.807) is 16.6 Å². The summed E-state index contributed by atoms with van der Waals surface area (Å²) in [5.41, 5.74) is 1.85. The van der Waals surface area contributed by atoms with Gasteiger partial charge in [0, 0.05) is 17.8 Å². The Morgan fingerprint density at radius 2 is 2.15 bits per heavy atom. The van der Waals surface area contributed by atoms with Gasteiger partial charge in [-0.2, -0.15) is 9.50 Å². The first-order valence-electron chi connectivity index (χ1n) is 8.64. The van der Waals surface area contributed by atoms with E-state index in [2.05, 4.69) is 27.0 Å². The van der Waals surface area contributed by atoms with E-state index in [1.807, 2.05) is 19.1 Å². The minimum Gasteiger partial charge on any atom is -0.505 e. The maximum atomic E-state index is 13.5. The zero-order valence-corrected chi connectivity index (χ0v) is 14.5.